The van der Waals surface area contributed by atoms with Gasteiger partial charge in [-0.25, -0.2) is 4.98 Å². The molecule has 1 atom stereocenters. The highest BCUT2D eigenvalue weighted by molar-refractivity contribution is 7.87. The molecule has 0 bridgehead atoms. The maximum Gasteiger partial charge on any atom is 0.279 e. The quantitative estimate of drug-likeness (QED) is 0.788. The van der Waals surface area contributed by atoms with Crippen molar-refractivity contribution >= 4 is 10.2 Å². The van der Waals surface area contributed by atoms with Crippen LogP contribution in [0.2, 0.25) is 0 Å². The van der Waals surface area contributed by atoms with Gasteiger partial charge in [-0.05, 0) is 6.42 Å². The molecule has 0 unspecified atom stereocenters. The van der Waals surface area contributed by atoms with Gasteiger partial charge in [0.1, 0.15) is 0 Å². The minimum absolute atomic E-state index is 0.137. The molecule has 108 valence electrons. The Labute approximate surface area is 113 Å². The first kappa shape index (κ1) is 14.4. The lowest BCUT2D eigenvalue weighted by Gasteiger charge is -2.28. The highest BCUT2D eigenvalue weighted by Crippen LogP contribution is 2.06. The summed E-state index contributed by atoms with van der Waals surface area (Å²) in [6.07, 6.45) is 5.92. The molecule has 1 aliphatic heterocycles. The zero-order valence-electron chi connectivity index (χ0n) is 11.0. The summed E-state index contributed by atoms with van der Waals surface area (Å²) in [4.78, 5) is 3.95. The van der Waals surface area contributed by atoms with Crippen LogP contribution in [0.4, 0.5) is 0 Å². The van der Waals surface area contributed by atoms with Gasteiger partial charge in [-0.1, -0.05) is 6.92 Å². The number of aromatic nitrogens is 2. The van der Waals surface area contributed by atoms with Gasteiger partial charge < -0.3 is 9.30 Å². The normalized spacial score (nSPS) is 19.4. The number of ether oxygens (including phenoxy) is 1. The molecular weight excluding hydrogens is 268 g/mol. The summed E-state index contributed by atoms with van der Waals surface area (Å²) >= 11 is 0. The standard InChI is InChI=1S/C11H20N4O3S/c1-2-11(9-14-4-3-12-10-14)13-19(16,17)15-5-7-18-8-6-15/h3-4,10-11,13H,2,5-9H2,1H3/t11-/m0/s1. The van der Waals surface area contributed by atoms with Crippen molar-refractivity contribution in [3.05, 3.63) is 18.7 Å². The predicted molar refractivity (Wildman–Crippen MR) is 70.8 cm³/mol. The van der Waals surface area contributed by atoms with E-state index in [-0.39, 0.29) is 6.04 Å². The summed E-state index contributed by atoms with van der Waals surface area (Å²) in [5, 5.41) is 0. The maximum atomic E-state index is 12.2. The van der Waals surface area contributed by atoms with E-state index in [1.54, 1.807) is 12.5 Å². The van der Waals surface area contributed by atoms with Crippen LogP contribution in [-0.4, -0.2) is 54.6 Å². The Morgan fingerprint density at radius 2 is 2.16 bits per heavy atom. The monoisotopic (exact) mass is 288 g/mol. The maximum absolute atomic E-state index is 12.2. The Kier molecular flexibility index (Phi) is 4.92. The van der Waals surface area contributed by atoms with Crippen LogP contribution in [0.1, 0.15) is 13.3 Å². The summed E-state index contributed by atoms with van der Waals surface area (Å²) in [6, 6.07) is -0.137. The van der Waals surface area contributed by atoms with E-state index >= 15 is 0 Å². The van der Waals surface area contributed by atoms with Crippen molar-refractivity contribution in [3.8, 4) is 0 Å². The van der Waals surface area contributed by atoms with E-state index < -0.39 is 10.2 Å². The molecular formula is C11H20N4O3S. The summed E-state index contributed by atoms with van der Waals surface area (Å²) in [5.74, 6) is 0. The molecule has 1 saturated heterocycles. The van der Waals surface area contributed by atoms with Gasteiger partial charge in [0.05, 0.1) is 19.5 Å². The van der Waals surface area contributed by atoms with Gasteiger partial charge in [0.2, 0.25) is 0 Å². The van der Waals surface area contributed by atoms with Crippen LogP contribution in [0.25, 0.3) is 0 Å². The molecule has 0 saturated carbocycles. The van der Waals surface area contributed by atoms with Gasteiger partial charge in [-0.3, -0.25) is 0 Å². The van der Waals surface area contributed by atoms with Gasteiger partial charge in [-0.2, -0.15) is 17.4 Å². The number of imidazole rings is 1. The first-order valence-corrected chi connectivity index (χ1v) is 7.86. The van der Waals surface area contributed by atoms with Crippen molar-refractivity contribution in [2.24, 2.45) is 0 Å². The SMILES string of the molecule is CC[C@@H](Cn1ccnc1)NS(=O)(=O)N1CCOCC1. The van der Waals surface area contributed by atoms with Gasteiger partial charge in [0.15, 0.2) is 0 Å². The molecule has 1 aromatic rings. The number of nitrogens with one attached hydrogen (secondary N) is 1. The minimum atomic E-state index is -3.43. The fourth-order valence-corrected chi connectivity index (χ4v) is 3.41. The molecule has 0 amide bonds. The lowest BCUT2D eigenvalue weighted by Crippen LogP contribution is -2.50. The van der Waals surface area contributed by atoms with Gasteiger partial charge in [-0.15, -0.1) is 0 Å². The van der Waals surface area contributed by atoms with Crippen LogP contribution < -0.4 is 4.72 Å². The third-order valence-electron chi connectivity index (χ3n) is 3.11. The second-order valence-corrected chi connectivity index (χ2v) is 6.20. The number of rotatable bonds is 6. The Balaban J connectivity index is 1.96. The molecule has 2 rings (SSSR count). The van der Waals surface area contributed by atoms with Crippen LogP contribution in [0.3, 0.4) is 0 Å². The molecule has 8 heteroatoms. The summed E-state index contributed by atoms with van der Waals surface area (Å²) in [5.41, 5.74) is 0. The molecule has 19 heavy (non-hydrogen) atoms. The van der Waals surface area contributed by atoms with Crippen LogP contribution in [0.15, 0.2) is 18.7 Å². The third kappa shape index (κ3) is 4.00. The zero-order valence-corrected chi connectivity index (χ0v) is 11.8. The Morgan fingerprint density at radius 1 is 1.42 bits per heavy atom. The second kappa shape index (κ2) is 6.47. The van der Waals surface area contributed by atoms with Crippen LogP contribution in [0, 0.1) is 0 Å². The van der Waals surface area contributed by atoms with E-state index in [1.807, 2.05) is 17.7 Å². The van der Waals surface area contributed by atoms with Gasteiger partial charge in [0, 0.05) is 38.1 Å². The lowest BCUT2D eigenvalue weighted by atomic mass is 10.2. The average molecular weight is 288 g/mol. The van der Waals surface area contributed by atoms with Crippen molar-refractivity contribution in [1.82, 2.24) is 18.6 Å². The molecule has 0 aromatic carbocycles. The van der Waals surface area contributed by atoms with E-state index in [2.05, 4.69) is 9.71 Å². The van der Waals surface area contributed by atoms with E-state index in [9.17, 15) is 8.42 Å². The zero-order chi connectivity index (χ0) is 13.7. The topological polar surface area (TPSA) is 76.5 Å². The Bertz CT molecular complexity index is 468. The van der Waals surface area contributed by atoms with E-state index in [0.29, 0.717) is 32.8 Å². The largest absolute Gasteiger partial charge is 0.379 e. The Hall–Kier alpha value is -0.960. The first-order valence-electron chi connectivity index (χ1n) is 6.42. The van der Waals surface area contributed by atoms with E-state index in [4.69, 9.17) is 4.74 Å². The first-order chi connectivity index (χ1) is 9.12. The number of morpholine rings is 1. The number of hydrogen-bond donors (Lipinski definition) is 1. The highest BCUT2D eigenvalue weighted by Gasteiger charge is 2.26. The molecule has 1 fully saturated rings. The molecule has 1 aromatic heterocycles. The van der Waals surface area contributed by atoms with Crippen molar-refractivity contribution in [1.29, 1.82) is 0 Å². The average Bonchev–Trinajstić information content (AvgIpc) is 2.91. The molecule has 7 nitrogen and oxygen atoms in total. The molecule has 1 aliphatic rings. The number of hydrogen-bond acceptors (Lipinski definition) is 4. The summed E-state index contributed by atoms with van der Waals surface area (Å²) in [6.45, 7) is 4.29. The minimum Gasteiger partial charge on any atom is -0.379 e. The highest BCUT2D eigenvalue weighted by atomic mass is 32.2. The van der Waals surface area contributed by atoms with Gasteiger partial charge in [0.25, 0.3) is 10.2 Å². The fraction of sp³-hybridized carbons (Fsp3) is 0.727. The molecule has 1 N–H and O–H groups in total. The van der Waals surface area contributed by atoms with E-state index in [1.165, 1.54) is 4.31 Å². The fourth-order valence-electron chi connectivity index (χ4n) is 1.97. The summed E-state index contributed by atoms with van der Waals surface area (Å²) in [7, 11) is -3.43. The van der Waals surface area contributed by atoms with Crippen molar-refractivity contribution in [2.75, 3.05) is 26.3 Å². The predicted octanol–water partition coefficient (Wildman–Crippen LogP) is -0.172. The van der Waals surface area contributed by atoms with Crippen molar-refractivity contribution in [2.45, 2.75) is 25.9 Å². The van der Waals surface area contributed by atoms with Crippen molar-refractivity contribution < 1.29 is 13.2 Å². The molecule has 0 radical (unpaired) electrons. The third-order valence-corrected chi connectivity index (χ3v) is 4.78. The van der Waals surface area contributed by atoms with Crippen LogP contribution >= 0.6 is 0 Å². The van der Waals surface area contributed by atoms with Crippen LogP contribution in [0.5, 0.6) is 0 Å². The molecule has 2 heterocycles. The van der Waals surface area contributed by atoms with E-state index in [0.717, 1.165) is 6.42 Å². The lowest BCUT2D eigenvalue weighted by molar-refractivity contribution is 0.0722. The number of nitrogens with zero attached hydrogens (tertiary/aromatic N) is 3. The van der Waals surface area contributed by atoms with Gasteiger partial charge >= 0.3 is 0 Å². The molecule has 0 spiro atoms. The summed E-state index contributed by atoms with van der Waals surface area (Å²) < 4.78 is 35.7. The van der Waals surface area contributed by atoms with Crippen molar-refractivity contribution in [3.63, 3.8) is 0 Å². The molecule has 0 aliphatic carbocycles. The second-order valence-electron chi connectivity index (χ2n) is 4.50. The van der Waals surface area contributed by atoms with Crippen LogP contribution in [-0.2, 0) is 21.5 Å². The smallest absolute Gasteiger partial charge is 0.279 e. The Morgan fingerprint density at radius 3 is 2.74 bits per heavy atom.